The Labute approximate surface area is 136 Å². The molecule has 0 amide bonds. The minimum atomic E-state index is -3.75. The lowest BCUT2D eigenvalue weighted by molar-refractivity contribution is 0.600. The van der Waals surface area contributed by atoms with Gasteiger partial charge in [-0.3, -0.25) is 4.72 Å². The fourth-order valence-corrected chi connectivity index (χ4v) is 4.22. The number of hydrogen-bond acceptors (Lipinski definition) is 5. The average molecular weight is 358 g/mol. The Kier molecular flexibility index (Phi) is 5.25. The number of halogens is 1. The Morgan fingerprint density at radius 3 is 3.00 bits per heavy atom. The van der Waals surface area contributed by atoms with Gasteiger partial charge < -0.3 is 0 Å². The summed E-state index contributed by atoms with van der Waals surface area (Å²) in [6.07, 6.45) is 0.457. The van der Waals surface area contributed by atoms with Gasteiger partial charge in [0.1, 0.15) is 0 Å². The number of azide groups is 1. The monoisotopic (exact) mass is 357 g/mol. The molecule has 1 N–H and O–H groups in total. The maximum absolute atomic E-state index is 12.4. The zero-order valence-corrected chi connectivity index (χ0v) is 13.9. The number of benzene rings is 1. The molecule has 1 aromatic heterocycles. The molecule has 116 valence electrons. The van der Waals surface area contributed by atoms with Crippen molar-refractivity contribution in [3.63, 3.8) is 0 Å². The van der Waals surface area contributed by atoms with Gasteiger partial charge in [-0.15, -0.1) is 11.3 Å². The number of rotatable bonds is 6. The second kappa shape index (κ2) is 6.97. The van der Waals surface area contributed by atoms with Crippen molar-refractivity contribution in [2.75, 3.05) is 11.3 Å². The summed E-state index contributed by atoms with van der Waals surface area (Å²) in [7, 11) is -3.75. The van der Waals surface area contributed by atoms with E-state index in [0.29, 0.717) is 22.7 Å². The van der Waals surface area contributed by atoms with Crippen LogP contribution >= 0.6 is 22.9 Å². The van der Waals surface area contributed by atoms with Crippen LogP contribution in [0.25, 0.3) is 10.4 Å². The molecule has 0 saturated carbocycles. The van der Waals surface area contributed by atoms with Gasteiger partial charge >= 0.3 is 0 Å². The first-order valence-corrected chi connectivity index (χ1v) is 8.91. The molecule has 0 spiro atoms. The topological polar surface area (TPSA) is 108 Å². The van der Waals surface area contributed by atoms with Gasteiger partial charge in [0.15, 0.2) is 5.13 Å². The van der Waals surface area contributed by atoms with Crippen molar-refractivity contribution in [1.29, 1.82) is 0 Å². The second-order valence-corrected chi connectivity index (χ2v) is 7.23. The Balaban J connectivity index is 2.19. The van der Waals surface area contributed by atoms with E-state index < -0.39 is 10.0 Å². The third-order valence-corrected chi connectivity index (χ3v) is 5.64. The summed E-state index contributed by atoms with van der Waals surface area (Å²) in [5.41, 5.74) is 9.36. The summed E-state index contributed by atoms with van der Waals surface area (Å²) in [6, 6.07) is 4.70. The third-order valence-electron chi connectivity index (χ3n) is 2.81. The number of nitrogens with zero attached hydrogens (tertiary/aromatic N) is 4. The Morgan fingerprint density at radius 2 is 2.27 bits per heavy atom. The lowest BCUT2D eigenvalue weighted by Gasteiger charge is -2.09. The van der Waals surface area contributed by atoms with Gasteiger partial charge in [-0.1, -0.05) is 22.8 Å². The quantitative estimate of drug-likeness (QED) is 0.483. The van der Waals surface area contributed by atoms with Crippen LogP contribution < -0.4 is 4.72 Å². The van der Waals surface area contributed by atoms with E-state index in [9.17, 15) is 8.42 Å². The first-order valence-electron chi connectivity index (χ1n) is 6.17. The van der Waals surface area contributed by atoms with Crippen LogP contribution in [0.5, 0.6) is 0 Å². The van der Waals surface area contributed by atoms with Gasteiger partial charge in [0, 0.05) is 21.9 Å². The molecule has 0 fully saturated rings. The van der Waals surface area contributed by atoms with Crippen LogP contribution in [0.3, 0.4) is 0 Å². The van der Waals surface area contributed by atoms with Crippen LogP contribution in [0, 0.1) is 6.92 Å². The van der Waals surface area contributed by atoms with Gasteiger partial charge in [0.2, 0.25) is 0 Å². The molecular formula is C12H12ClN5O2S2. The minimum Gasteiger partial charge on any atom is -0.255 e. The van der Waals surface area contributed by atoms with E-state index >= 15 is 0 Å². The Bertz CT molecular complexity index is 828. The summed E-state index contributed by atoms with van der Waals surface area (Å²) in [5, 5.41) is 5.78. The molecule has 0 atom stereocenters. The smallest absolute Gasteiger partial charge is 0.255 e. The van der Waals surface area contributed by atoms with E-state index in [2.05, 4.69) is 19.7 Å². The molecule has 2 rings (SSSR count). The lowest BCUT2D eigenvalue weighted by Crippen LogP contribution is -2.14. The highest BCUT2D eigenvalue weighted by Gasteiger charge is 2.19. The molecular weight excluding hydrogens is 346 g/mol. The number of anilines is 1. The molecule has 0 bridgehead atoms. The second-order valence-electron chi connectivity index (χ2n) is 4.32. The molecule has 1 heterocycles. The largest absolute Gasteiger partial charge is 0.263 e. The van der Waals surface area contributed by atoms with Gasteiger partial charge in [0.25, 0.3) is 10.0 Å². The standard InChI is InChI=1S/C12H12ClN5O2S2/c1-8-10(13)3-2-4-11(8)22(19,20)17-12-16-9(7-21-12)5-6-15-18-14/h2-4,7H,5-6H2,1H3,(H,16,17). The van der Waals surface area contributed by atoms with Gasteiger partial charge in [-0.05, 0) is 36.6 Å². The van der Waals surface area contributed by atoms with Crippen molar-refractivity contribution < 1.29 is 8.42 Å². The fraction of sp³-hybridized carbons (Fsp3) is 0.250. The molecule has 0 aliphatic rings. The van der Waals surface area contributed by atoms with Crippen molar-refractivity contribution in [2.24, 2.45) is 5.11 Å². The lowest BCUT2D eigenvalue weighted by atomic mass is 10.2. The number of thiazole rings is 1. The molecule has 0 radical (unpaired) electrons. The first kappa shape index (κ1) is 16.6. The van der Waals surface area contributed by atoms with Gasteiger partial charge in [0.05, 0.1) is 10.6 Å². The fourth-order valence-electron chi connectivity index (χ4n) is 1.73. The molecule has 1 aromatic carbocycles. The molecule has 0 aliphatic carbocycles. The molecule has 7 nitrogen and oxygen atoms in total. The van der Waals surface area contributed by atoms with Crippen LogP contribution in [0.1, 0.15) is 11.3 Å². The zero-order valence-electron chi connectivity index (χ0n) is 11.5. The van der Waals surface area contributed by atoms with Crippen molar-refractivity contribution in [3.8, 4) is 0 Å². The van der Waals surface area contributed by atoms with E-state index in [4.69, 9.17) is 17.1 Å². The van der Waals surface area contributed by atoms with Gasteiger partial charge in [-0.25, -0.2) is 13.4 Å². The summed E-state index contributed by atoms with van der Waals surface area (Å²) in [4.78, 5) is 6.92. The molecule has 22 heavy (non-hydrogen) atoms. The predicted octanol–water partition coefficient (Wildman–Crippen LogP) is 3.76. The minimum absolute atomic E-state index is 0.117. The number of aromatic nitrogens is 1. The summed E-state index contributed by atoms with van der Waals surface area (Å²) in [5.74, 6) is 0. The van der Waals surface area contributed by atoms with Crippen molar-refractivity contribution >= 4 is 38.1 Å². The van der Waals surface area contributed by atoms with E-state index in [-0.39, 0.29) is 16.6 Å². The average Bonchev–Trinajstić information content (AvgIpc) is 2.88. The van der Waals surface area contributed by atoms with Crippen LogP contribution in [-0.4, -0.2) is 19.9 Å². The first-order chi connectivity index (χ1) is 10.4. The Morgan fingerprint density at radius 1 is 1.50 bits per heavy atom. The molecule has 0 aliphatic heterocycles. The maximum atomic E-state index is 12.4. The number of nitrogens with one attached hydrogen (secondary N) is 1. The highest BCUT2D eigenvalue weighted by Crippen LogP contribution is 2.26. The van der Waals surface area contributed by atoms with Crippen LogP contribution in [-0.2, 0) is 16.4 Å². The SMILES string of the molecule is Cc1c(Cl)cccc1S(=O)(=O)Nc1nc(CCN=[N+]=[N-])cs1. The van der Waals surface area contributed by atoms with E-state index in [1.807, 2.05) is 0 Å². The van der Waals surface area contributed by atoms with Crippen molar-refractivity contribution in [1.82, 2.24) is 4.98 Å². The van der Waals surface area contributed by atoms with Crippen molar-refractivity contribution in [2.45, 2.75) is 18.2 Å². The third kappa shape index (κ3) is 3.89. The highest BCUT2D eigenvalue weighted by atomic mass is 35.5. The maximum Gasteiger partial charge on any atom is 0.263 e. The molecule has 10 heteroatoms. The molecule has 0 unspecified atom stereocenters. The summed E-state index contributed by atoms with van der Waals surface area (Å²) >= 11 is 7.12. The van der Waals surface area contributed by atoms with Crippen LogP contribution in [0.2, 0.25) is 5.02 Å². The normalized spacial score (nSPS) is 11.0. The predicted molar refractivity (Wildman–Crippen MR) is 86.8 cm³/mol. The van der Waals surface area contributed by atoms with E-state index in [1.54, 1.807) is 24.4 Å². The van der Waals surface area contributed by atoms with Gasteiger partial charge in [-0.2, -0.15) is 0 Å². The number of sulfonamides is 1. The Hall–Kier alpha value is -1.80. The van der Waals surface area contributed by atoms with Crippen molar-refractivity contribution in [3.05, 3.63) is 50.3 Å². The molecule has 2 aromatic rings. The summed E-state index contributed by atoms with van der Waals surface area (Å²) < 4.78 is 27.2. The van der Waals surface area contributed by atoms with E-state index in [1.165, 1.54) is 17.4 Å². The summed E-state index contributed by atoms with van der Waals surface area (Å²) in [6.45, 7) is 1.92. The zero-order chi connectivity index (χ0) is 16.2. The van der Waals surface area contributed by atoms with E-state index in [0.717, 1.165) is 0 Å². The van der Waals surface area contributed by atoms with Crippen LogP contribution in [0.4, 0.5) is 5.13 Å². The van der Waals surface area contributed by atoms with Crippen LogP contribution in [0.15, 0.2) is 33.6 Å². The highest BCUT2D eigenvalue weighted by molar-refractivity contribution is 7.93. The number of hydrogen-bond donors (Lipinski definition) is 1. The molecule has 0 saturated heterocycles.